The Morgan fingerprint density at radius 2 is 1.43 bits per heavy atom. The summed E-state index contributed by atoms with van der Waals surface area (Å²) in [5.74, 6) is 0.751. The van der Waals surface area contributed by atoms with Crippen molar-refractivity contribution in [2.45, 2.75) is 20.3 Å². The highest BCUT2D eigenvalue weighted by Crippen LogP contribution is 2.34. The van der Waals surface area contributed by atoms with Crippen molar-refractivity contribution in [3.05, 3.63) is 72.2 Å². The van der Waals surface area contributed by atoms with Crippen molar-refractivity contribution in [2.75, 3.05) is 0 Å². The largest absolute Gasteiger partial charge is 0.440 e. The van der Waals surface area contributed by atoms with Gasteiger partial charge in [0.15, 0.2) is 11.4 Å². The average molecular weight is 295 g/mol. The predicted octanol–water partition coefficient (Wildman–Crippen LogP) is 3.30. The molecule has 0 saturated heterocycles. The molecule has 0 aliphatic carbocycles. The molecule has 0 fully saturated rings. The molecule has 106 valence electrons. The van der Waals surface area contributed by atoms with Crippen molar-refractivity contribution >= 4 is 24.0 Å². The van der Waals surface area contributed by atoms with Crippen LogP contribution in [0.25, 0.3) is 0 Å². The SMILES string of the molecule is CCc1nc(C)oc1P(c1ccccc1)c1ccccc1. The van der Waals surface area contributed by atoms with E-state index in [1.807, 2.05) is 19.1 Å². The van der Waals surface area contributed by atoms with Crippen molar-refractivity contribution in [1.29, 1.82) is 0 Å². The van der Waals surface area contributed by atoms with Crippen LogP contribution in [-0.2, 0) is 6.42 Å². The fourth-order valence-corrected chi connectivity index (χ4v) is 4.80. The number of rotatable bonds is 4. The molecule has 0 unspecified atom stereocenters. The molecule has 0 spiro atoms. The number of nitrogens with zero attached hydrogens (tertiary/aromatic N) is 1. The minimum atomic E-state index is -0.681. The van der Waals surface area contributed by atoms with E-state index in [4.69, 9.17) is 4.42 Å². The minimum absolute atomic E-state index is 0.681. The van der Waals surface area contributed by atoms with E-state index in [9.17, 15) is 0 Å². The van der Waals surface area contributed by atoms with E-state index in [0.29, 0.717) is 0 Å². The zero-order valence-corrected chi connectivity index (χ0v) is 13.2. The number of hydrogen-bond donors (Lipinski definition) is 0. The van der Waals surface area contributed by atoms with Gasteiger partial charge < -0.3 is 4.42 Å². The van der Waals surface area contributed by atoms with E-state index >= 15 is 0 Å². The van der Waals surface area contributed by atoms with Gasteiger partial charge in [-0.05, 0) is 17.0 Å². The fraction of sp³-hybridized carbons (Fsp3) is 0.167. The topological polar surface area (TPSA) is 26.0 Å². The summed E-state index contributed by atoms with van der Waals surface area (Å²) in [5, 5.41) is 2.59. The van der Waals surface area contributed by atoms with E-state index in [-0.39, 0.29) is 0 Å². The van der Waals surface area contributed by atoms with Crippen LogP contribution in [0.2, 0.25) is 0 Å². The summed E-state index contributed by atoms with van der Waals surface area (Å²) in [5.41, 5.74) is 2.11. The molecule has 0 radical (unpaired) electrons. The van der Waals surface area contributed by atoms with Gasteiger partial charge in [0.05, 0.1) is 5.69 Å². The van der Waals surface area contributed by atoms with Crippen molar-refractivity contribution in [2.24, 2.45) is 0 Å². The Bertz CT molecular complexity index is 667. The van der Waals surface area contributed by atoms with Gasteiger partial charge in [-0.3, -0.25) is 0 Å². The van der Waals surface area contributed by atoms with Gasteiger partial charge in [0, 0.05) is 14.8 Å². The zero-order chi connectivity index (χ0) is 14.7. The second-order valence-corrected chi connectivity index (χ2v) is 6.95. The Kier molecular flexibility index (Phi) is 4.17. The Balaban J connectivity index is 2.17. The molecule has 21 heavy (non-hydrogen) atoms. The van der Waals surface area contributed by atoms with Crippen LogP contribution in [-0.4, -0.2) is 4.98 Å². The maximum absolute atomic E-state index is 5.99. The Morgan fingerprint density at radius 1 is 0.905 bits per heavy atom. The van der Waals surface area contributed by atoms with Gasteiger partial charge in [-0.2, -0.15) is 0 Å². The highest BCUT2D eigenvalue weighted by molar-refractivity contribution is 7.79. The average Bonchev–Trinajstić information content (AvgIpc) is 2.90. The molecule has 0 bridgehead atoms. The zero-order valence-electron chi connectivity index (χ0n) is 12.3. The molecule has 0 aliphatic heterocycles. The highest BCUT2D eigenvalue weighted by Gasteiger charge is 2.23. The molecule has 0 atom stereocenters. The van der Waals surface area contributed by atoms with Crippen LogP contribution in [0.1, 0.15) is 18.5 Å². The van der Waals surface area contributed by atoms with Crippen LogP contribution in [0.4, 0.5) is 0 Å². The number of hydrogen-bond acceptors (Lipinski definition) is 2. The molecule has 1 aromatic heterocycles. The lowest BCUT2D eigenvalue weighted by Gasteiger charge is -2.16. The molecule has 0 saturated carbocycles. The lowest BCUT2D eigenvalue weighted by atomic mass is 10.4. The summed E-state index contributed by atoms with van der Waals surface area (Å²) in [4.78, 5) is 4.55. The maximum atomic E-state index is 5.99. The van der Waals surface area contributed by atoms with E-state index in [1.165, 1.54) is 10.6 Å². The fourth-order valence-electron chi connectivity index (χ4n) is 2.40. The summed E-state index contributed by atoms with van der Waals surface area (Å²) in [6.07, 6.45) is 0.894. The molecule has 2 aromatic carbocycles. The molecule has 1 heterocycles. The smallest absolute Gasteiger partial charge is 0.192 e. The normalized spacial score (nSPS) is 11.0. The van der Waals surface area contributed by atoms with E-state index < -0.39 is 7.92 Å². The third kappa shape index (κ3) is 2.91. The Hall–Kier alpha value is -1.92. The summed E-state index contributed by atoms with van der Waals surface area (Å²) >= 11 is 0. The number of aromatic nitrogens is 1. The number of aryl methyl sites for hydroxylation is 2. The Labute approximate surface area is 126 Å². The second kappa shape index (κ2) is 6.24. The molecule has 3 rings (SSSR count). The summed E-state index contributed by atoms with van der Waals surface area (Å²) in [6.45, 7) is 4.05. The predicted molar refractivity (Wildman–Crippen MR) is 89.3 cm³/mol. The first-order valence-electron chi connectivity index (χ1n) is 7.16. The third-order valence-electron chi connectivity index (χ3n) is 3.35. The molecule has 2 nitrogen and oxygen atoms in total. The second-order valence-electron chi connectivity index (χ2n) is 4.84. The van der Waals surface area contributed by atoms with Gasteiger partial charge in [-0.1, -0.05) is 67.6 Å². The highest BCUT2D eigenvalue weighted by atomic mass is 31.1. The number of oxazole rings is 1. The van der Waals surface area contributed by atoms with Crippen molar-refractivity contribution < 1.29 is 4.42 Å². The van der Waals surface area contributed by atoms with Crippen molar-refractivity contribution in [3.63, 3.8) is 0 Å². The minimum Gasteiger partial charge on any atom is -0.440 e. The lowest BCUT2D eigenvalue weighted by molar-refractivity contribution is 0.551. The van der Waals surface area contributed by atoms with Gasteiger partial charge in [0.2, 0.25) is 0 Å². The summed E-state index contributed by atoms with van der Waals surface area (Å²) in [6, 6.07) is 21.1. The van der Waals surface area contributed by atoms with Crippen LogP contribution >= 0.6 is 7.92 Å². The van der Waals surface area contributed by atoms with Crippen molar-refractivity contribution in [3.8, 4) is 0 Å². The molecule has 3 heteroatoms. The van der Waals surface area contributed by atoms with Crippen LogP contribution < -0.4 is 16.1 Å². The third-order valence-corrected chi connectivity index (χ3v) is 5.74. The van der Waals surface area contributed by atoms with Gasteiger partial charge in [-0.25, -0.2) is 4.98 Å². The molecular weight excluding hydrogens is 277 g/mol. The summed E-state index contributed by atoms with van der Waals surface area (Å²) < 4.78 is 5.99. The molecule has 0 N–H and O–H groups in total. The molecule has 0 amide bonds. The van der Waals surface area contributed by atoms with E-state index in [2.05, 4.69) is 60.4 Å². The van der Waals surface area contributed by atoms with E-state index in [1.54, 1.807) is 0 Å². The van der Waals surface area contributed by atoms with Crippen LogP contribution in [0, 0.1) is 6.92 Å². The standard InChI is InChI=1S/C18H18NOP/c1-3-17-18(20-14(2)19-17)21(15-10-6-4-7-11-15)16-12-8-5-9-13-16/h4-13H,3H2,1-2H3. The molecule has 3 aromatic rings. The maximum Gasteiger partial charge on any atom is 0.192 e. The van der Waals surface area contributed by atoms with Crippen molar-refractivity contribution in [1.82, 2.24) is 4.98 Å². The number of benzene rings is 2. The van der Waals surface area contributed by atoms with Crippen LogP contribution in [0.3, 0.4) is 0 Å². The van der Waals surface area contributed by atoms with Gasteiger partial charge in [-0.15, -0.1) is 0 Å². The van der Waals surface area contributed by atoms with Crippen LogP contribution in [0.5, 0.6) is 0 Å². The first-order valence-corrected chi connectivity index (χ1v) is 8.50. The van der Waals surface area contributed by atoms with Crippen LogP contribution in [0.15, 0.2) is 65.1 Å². The quantitative estimate of drug-likeness (QED) is 0.690. The van der Waals surface area contributed by atoms with E-state index in [0.717, 1.165) is 23.5 Å². The van der Waals surface area contributed by atoms with Gasteiger partial charge >= 0.3 is 0 Å². The first kappa shape index (κ1) is 14.0. The molecular formula is C18H18NOP. The summed E-state index contributed by atoms with van der Waals surface area (Å²) in [7, 11) is -0.681. The first-order chi connectivity index (χ1) is 10.3. The Morgan fingerprint density at radius 3 is 1.90 bits per heavy atom. The monoisotopic (exact) mass is 295 g/mol. The van der Waals surface area contributed by atoms with Gasteiger partial charge in [0.25, 0.3) is 0 Å². The van der Waals surface area contributed by atoms with Gasteiger partial charge in [0.1, 0.15) is 0 Å². The lowest BCUT2D eigenvalue weighted by Crippen LogP contribution is -2.21. The molecule has 0 aliphatic rings.